The smallest absolute Gasteiger partial charge is 0.266 e. The number of hydrogen-bond donors (Lipinski definition) is 0. The highest BCUT2D eigenvalue weighted by Crippen LogP contribution is 2.28. The molecule has 0 saturated heterocycles. The molecule has 0 N–H and O–H groups in total. The maximum atomic E-state index is 13.3. The summed E-state index contributed by atoms with van der Waals surface area (Å²) in [4.78, 5) is 19.7. The summed E-state index contributed by atoms with van der Waals surface area (Å²) < 4.78 is 3.80. The zero-order valence-corrected chi connectivity index (χ0v) is 23.6. The summed E-state index contributed by atoms with van der Waals surface area (Å²) in [7, 11) is 0. The first-order chi connectivity index (χ1) is 19.7. The Morgan fingerprint density at radius 1 is 0.900 bits per heavy atom. The topological polar surface area (TPSA) is 65.1 Å². The molecule has 198 valence electrons. The van der Waals surface area contributed by atoms with Crippen molar-refractivity contribution in [3.63, 3.8) is 0 Å². The molecule has 8 heteroatoms. The highest BCUT2D eigenvalue weighted by atomic mass is 32.2. The number of thioether (sulfide) groups is 1. The summed E-state index contributed by atoms with van der Waals surface area (Å²) >= 11 is 3.20. The van der Waals surface area contributed by atoms with E-state index in [2.05, 4.69) is 41.3 Å². The van der Waals surface area contributed by atoms with Crippen molar-refractivity contribution in [2.75, 3.05) is 5.75 Å². The number of nitrogens with zero attached hydrogens (tertiary/aromatic N) is 5. The molecule has 3 aromatic heterocycles. The first-order valence-electron chi connectivity index (χ1n) is 13.2. The van der Waals surface area contributed by atoms with E-state index in [4.69, 9.17) is 5.10 Å². The van der Waals surface area contributed by atoms with Gasteiger partial charge in [-0.1, -0.05) is 91.4 Å². The summed E-state index contributed by atoms with van der Waals surface area (Å²) in [6.07, 6.45) is 10.0. The Balaban J connectivity index is 1.36. The molecule has 0 spiro atoms. The lowest BCUT2D eigenvalue weighted by Crippen LogP contribution is -2.23. The van der Waals surface area contributed by atoms with Crippen LogP contribution in [-0.4, -0.2) is 30.1 Å². The standard InChI is InChI=1S/C32H27N5OS2/c1-2-3-20-39-27-17-15-24(16-18-27)30-25(22-36(35-30)26-12-8-5-9-13-26)21-28-31(38)37-32(40-28)33-29(34-37)19-14-23-10-6-4-7-11-23/h4-19,21-22H,2-3,20H2,1H3/b19-14+,28-21-. The third-order valence-electron chi connectivity index (χ3n) is 6.37. The maximum absolute atomic E-state index is 13.3. The van der Waals surface area contributed by atoms with Crippen LogP contribution in [0.5, 0.6) is 0 Å². The van der Waals surface area contributed by atoms with Gasteiger partial charge in [-0.2, -0.15) is 14.6 Å². The van der Waals surface area contributed by atoms with Crippen LogP contribution in [0.1, 0.15) is 36.7 Å². The molecule has 0 bridgehead atoms. The monoisotopic (exact) mass is 561 g/mol. The molecule has 3 aromatic carbocycles. The minimum Gasteiger partial charge on any atom is -0.266 e. The Labute approximate surface area is 240 Å². The van der Waals surface area contributed by atoms with Crippen LogP contribution in [0, 0.1) is 0 Å². The second kappa shape index (κ2) is 11.9. The first kappa shape index (κ1) is 26.0. The van der Waals surface area contributed by atoms with E-state index in [-0.39, 0.29) is 5.56 Å². The summed E-state index contributed by atoms with van der Waals surface area (Å²) in [5, 5.41) is 9.36. The third-order valence-corrected chi connectivity index (χ3v) is 8.42. The molecule has 0 unspecified atom stereocenters. The van der Waals surface area contributed by atoms with Crippen LogP contribution in [-0.2, 0) is 0 Å². The zero-order chi connectivity index (χ0) is 27.3. The van der Waals surface area contributed by atoms with Gasteiger partial charge in [-0.15, -0.1) is 16.9 Å². The van der Waals surface area contributed by atoms with Gasteiger partial charge >= 0.3 is 0 Å². The summed E-state index contributed by atoms with van der Waals surface area (Å²) in [5.74, 6) is 1.62. The predicted molar refractivity (Wildman–Crippen MR) is 166 cm³/mol. The molecule has 6 aromatic rings. The van der Waals surface area contributed by atoms with Gasteiger partial charge < -0.3 is 0 Å². The van der Waals surface area contributed by atoms with Crippen molar-refractivity contribution in [3.05, 3.63) is 123 Å². The van der Waals surface area contributed by atoms with Crippen LogP contribution in [0.4, 0.5) is 0 Å². The van der Waals surface area contributed by atoms with E-state index in [9.17, 15) is 4.79 Å². The summed E-state index contributed by atoms with van der Waals surface area (Å²) in [6.45, 7) is 2.21. The molecule has 0 saturated carbocycles. The van der Waals surface area contributed by atoms with Crippen molar-refractivity contribution in [1.82, 2.24) is 24.4 Å². The third kappa shape index (κ3) is 5.68. The number of para-hydroxylation sites is 1. The van der Waals surface area contributed by atoms with Crippen molar-refractivity contribution in [1.29, 1.82) is 0 Å². The molecule has 0 aliphatic heterocycles. The molecule has 40 heavy (non-hydrogen) atoms. The molecule has 3 heterocycles. The molecule has 6 rings (SSSR count). The van der Waals surface area contributed by atoms with E-state index in [0.717, 1.165) is 33.8 Å². The van der Waals surface area contributed by atoms with E-state index in [0.29, 0.717) is 15.3 Å². The van der Waals surface area contributed by atoms with Crippen molar-refractivity contribution < 1.29 is 0 Å². The van der Waals surface area contributed by atoms with Gasteiger partial charge in [0.05, 0.1) is 15.9 Å². The Morgan fingerprint density at radius 2 is 1.65 bits per heavy atom. The summed E-state index contributed by atoms with van der Waals surface area (Å²) in [6, 6.07) is 28.4. The number of hydrogen-bond acceptors (Lipinski definition) is 6. The van der Waals surface area contributed by atoms with Crippen LogP contribution < -0.4 is 10.1 Å². The number of aromatic nitrogens is 5. The molecule has 0 radical (unpaired) electrons. The molecule has 0 aliphatic carbocycles. The lowest BCUT2D eigenvalue weighted by atomic mass is 10.1. The second-order valence-electron chi connectivity index (χ2n) is 9.26. The number of thiazole rings is 1. The maximum Gasteiger partial charge on any atom is 0.291 e. The lowest BCUT2D eigenvalue weighted by Gasteiger charge is -2.03. The van der Waals surface area contributed by atoms with Gasteiger partial charge in [0.25, 0.3) is 5.56 Å². The number of fused-ring (bicyclic) bond motifs is 1. The van der Waals surface area contributed by atoms with E-state index in [1.54, 1.807) is 0 Å². The SMILES string of the molecule is CCCCSc1ccc(-c2nn(-c3ccccc3)cc2/C=c2\sc3nc(/C=C/c4ccccc4)nn3c2=O)cc1. The van der Waals surface area contributed by atoms with E-state index >= 15 is 0 Å². The highest BCUT2D eigenvalue weighted by Gasteiger charge is 2.14. The average molecular weight is 562 g/mol. The molecule has 0 amide bonds. The number of unbranched alkanes of at least 4 members (excludes halogenated alkanes) is 1. The van der Waals surface area contributed by atoms with Crippen molar-refractivity contribution >= 4 is 46.3 Å². The lowest BCUT2D eigenvalue weighted by molar-refractivity contribution is 0.884. The molecule has 0 atom stereocenters. The fourth-order valence-electron chi connectivity index (χ4n) is 4.27. The largest absolute Gasteiger partial charge is 0.291 e. The number of rotatable bonds is 9. The van der Waals surface area contributed by atoms with Gasteiger partial charge in [-0.05, 0) is 54.2 Å². The van der Waals surface area contributed by atoms with Gasteiger partial charge in [0.15, 0.2) is 5.82 Å². The molecule has 0 fully saturated rings. The van der Waals surface area contributed by atoms with Gasteiger partial charge in [-0.3, -0.25) is 4.79 Å². The average Bonchev–Trinajstić information content (AvgIpc) is 3.68. The minimum absolute atomic E-state index is 0.187. The second-order valence-corrected chi connectivity index (χ2v) is 11.4. The Bertz CT molecular complexity index is 1870. The van der Waals surface area contributed by atoms with Crippen molar-refractivity contribution in [3.8, 4) is 16.9 Å². The first-order valence-corrected chi connectivity index (χ1v) is 15.0. The Hall–Kier alpha value is -4.27. The van der Waals surface area contributed by atoms with Crippen molar-refractivity contribution in [2.45, 2.75) is 24.7 Å². The van der Waals surface area contributed by atoms with Gasteiger partial charge in [0.2, 0.25) is 4.96 Å². The fraction of sp³-hybridized carbons (Fsp3) is 0.125. The van der Waals surface area contributed by atoms with E-state index in [1.165, 1.54) is 33.6 Å². The normalized spacial score (nSPS) is 12.2. The van der Waals surface area contributed by atoms with E-state index < -0.39 is 0 Å². The fourth-order valence-corrected chi connectivity index (χ4v) is 6.17. The molecule has 6 nitrogen and oxygen atoms in total. The highest BCUT2D eigenvalue weighted by molar-refractivity contribution is 7.99. The quantitative estimate of drug-likeness (QED) is 0.147. The van der Waals surface area contributed by atoms with Crippen LogP contribution in [0.2, 0.25) is 0 Å². The summed E-state index contributed by atoms with van der Waals surface area (Å²) in [5.41, 5.74) is 4.50. The van der Waals surface area contributed by atoms with Crippen LogP contribution in [0.3, 0.4) is 0 Å². The zero-order valence-electron chi connectivity index (χ0n) is 22.0. The van der Waals surface area contributed by atoms with Gasteiger partial charge in [-0.25, -0.2) is 4.68 Å². The number of benzene rings is 3. The van der Waals surface area contributed by atoms with Gasteiger partial charge in [0.1, 0.15) is 0 Å². The van der Waals surface area contributed by atoms with Crippen LogP contribution >= 0.6 is 23.1 Å². The minimum atomic E-state index is -0.187. The molecule has 0 aliphatic rings. The Morgan fingerprint density at radius 3 is 2.38 bits per heavy atom. The van der Waals surface area contributed by atoms with E-state index in [1.807, 2.05) is 102 Å². The Kier molecular flexibility index (Phi) is 7.70. The van der Waals surface area contributed by atoms with Crippen molar-refractivity contribution in [2.24, 2.45) is 0 Å². The molecular formula is C32H27N5OS2. The van der Waals surface area contributed by atoms with Gasteiger partial charge in [0, 0.05) is 22.2 Å². The molecular weight excluding hydrogens is 535 g/mol. The van der Waals surface area contributed by atoms with Crippen LogP contribution in [0.25, 0.3) is 40.1 Å². The van der Waals surface area contributed by atoms with Crippen LogP contribution in [0.15, 0.2) is 101 Å². The predicted octanol–water partition coefficient (Wildman–Crippen LogP) is 6.61.